The number of ether oxygens (including phenoxy) is 2. The Bertz CT molecular complexity index is 1360. The molecule has 0 saturated carbocycles. The summed E-state index contributed by atoms with van der Waals surface area (Å²) in [6.07, 6.45) is 67.9. The lowest BCUT2D eigenvalue weighted by molar-refractivity contribution is -0.154. The van der Waals surface area contributed by atoms with Crippen LogP contribution in [0.1, 0.15) is 168 Å². The molecule has 0 rings (SSSR count). The van der Waals surface area contributed by atoms with Crippen molar-refractivity contribution in [1.82, 2.24) is 0 Å². The smallest absolute Gasteiger partial charge is 0.457 e. The van der Waals surface area contributed by atoms with Crippen LogP contribution in [0.25, 0.3) is 0 Å². The molecule has 8 nitrogen and oxygen atoms in total. The first-order chi connectivity index (χ1) is 30.4. The monoisotopic (exact) mass is 882 g/mol. The Morgan fingerprint density at radius 3 is 1.27 bits per heavy atom. The molecule has 2 atom stereocenters. The third-order valence-corrected chi connectivity index (χ3v) is 10.4. The van der Waals surface area contributed by atoms with Gasteiger partial charge in [0.15, 0.2) is 0 Å². The molecular formula is C53H88NO7P. The number of nitrogens with two attached hydrogens (primary N) is 1. The van der Waals surface area contributed by atoms with Crippen molar-refractivity contribution < 1.29 is 32.8 Å². The van der Waals surface area contributed by atoms with E-state index in [9.17, 15) is 14.3 Å². The Kier molecular flexibility index (Phi) is 46.5. The van der Waals surface area contributed by atoms with Crippen LogP contribution in [0.4, 0.5) is 0 Å². The molecule has 3 N–H and O–H groups in total. The van der Waals surface area contributed by atoms with Crippen molar-refractivity contribution in [3.05, 3.63) is 122 Å². The molecule has 0 saturated heterocycles. The van der Waals surface area contributed by atoms with E-state index < -0.39 is 13.9 Å². The second kappa shape index (κ2) is 48.9. The molecule has 0 amide bonds. The van der Waals surface area contributed by atoms with Gasteiger partial charge in [0, 0.05) is 19.6 Å². The molecule has 0 aromatic carbocycles. The molecule has 0 aliphatic carbocycles. The minimum absolute atomic E-state index is 0.0856. The molecule has 9 heteroatoms. The molecule has 0 fully saturated rings. The van der Waals surface area contributed by atoms with Crippen LogP contribution in [0.3, 0.4) is 0 Å². The Balaban J connectivity index is 4.10. The van der Waals surface area contributed by atoms with E-state index in [1.165, 1.54) is 19.3 Å². The summed E-state index contributed by atoms with van der Waals surface area (Å²) in [5.41, 5.74) is 5.38. The summed E-state index contributed by atoms with van der Waals surface area (Å²) in [6, 6.07) is 0. The molecule has 0 aromatic heterocycles. The minimum Gasteiger partial charge on any atom is -0.457 e. The number of carbonyl (C=O) groups is 1. The SMILES string of the molecule is CC/C=C\C/C=C\C/C=C\C/C=C\C/C=C\CCCCCCCCCC(=O)OC(COCCCCCC/C=C\C/C=C\C/C=C\C/C=C\C/C=C\CC)COP(=O)(O)OCCN. The van der Waals surface area contributed by atoms with Gasteiger partial charge in [-0.05, 0) is 103 Å². The molecule has 0 spiro atoms. The van der Waals surface area contributed by atoms with E-state index >= 15 is 0 Å². The van der Waals surface area contributed by atoms with Crippen LogP contribution in [0.2, 0.25) is 0 Å². The highest BCUT2D eigenvalue weighted by Gasteiger charge is 2.25. The van der Waals surface area contributed by atoms with Crippen molar-refractivity contribution in [1.29, 1.82) is 0 Å². The van der Waals surface area contributed by atoms with Crippen LogP contribution in [-0.2, 0) is 27.9 Å². The topological polar surface area (TPSA) is 117 Å². The average molecular weight is 882 g/mol. The maximum atomic E-state index is 12.6. The summed E-state index contributed by atoms with van der Waals surface area (Å²) in [6.45, 7) is 4.58. The van der Waals surface area contributed by atoms with Gasteiger partial charge >= 0.3 is 13.8 Å². The standard InChI is InChI=1S/C53H88NO7P/c1-3-5-7-9-11-13-15-17-19-21-23-25-26-27-28-30-32-34-36-38-40-42-44-46-53(55)61-52(51-60-62(56,57)59-49-47-54)50-58-48-45-43-41-39-37-35-33-31-29-24-22-20-18-16-14-12-10-8-6-4-2/h5-8,11-14,17-20,23-25,27-29,33,35,52H,3-4,9-10,15-16,21-22,26,30-32,34,36-51,54H2,1-2H3,(H,56,57)/b7-5-,8-6-,13-11-,14-12-,19-17-,20-18-,25-23-,28-27-,29-24-,35-33-. The molecule has 0 aliphatic heterocycles. The van der Waals surface area contributed by atoms with Crippen molar-refractivity contribution >= 4 is 13.8 Å². The number of phosphoric ester groups is 1. The van der Waals surface area contributed by atoms with E-state index in [-0.39, 0.29) is 32.3 Å². The molecule has 0 radical (unpaired) electrons. The predicted molar refractivity (Wildman–Crippen MR) is 265 cm³/mol. The van der Waals surface area contributed by atoms with Crippen molar-refractivity contribution in [3.63, 3.8) is 0 Å². The van der Waals surface area contributed by atoms with Gasteiger partial charge in [0.05, 0.1) is 19.8 Å². The lowest BCUT2D eigenvalue weighted by Gasteiger charge is -2.20. The van der Waals surface area contributed by atoms with E-state index in [2.05, 4.69) is 135 Å². The number of hydrogen-bond donors (Lipinski definition) is 2. The van der Waals surface area contributed by atoms with Gasteiger partial charge in [-0.3, -0.25) is 13.8 Å². The highest BCUT2D eigenvalue weighted by Crippen LogP contribution is 2.43. The van der Waals surface area contributed by atoms with Gasteiger partial charge in [-0.15, -0.1) is 0 Å². The normalized spacial score (nSPS) is 14.5. The van der Waals surface area contributed by atoms with Crippen molar-refractivity contribution in [2.75, 3.05) is 33.0 Å². The maximum absolute atomic E-state index is 12.6. The predicted octanol–water partition coefficient (Wildman–Crippen LogP) is 15.0. The quantitative estimate of drug-likeness (QED) is 0.0269. The number of hydrogen-bond acceptors (Lipinski definition) is 7. The zero-order valence-corrected chi connectivity index (χ0v) is 39.9. The first kappa shape index (κ1) is 58.9. The lowest BCUT2D eigenvalue weighted by Crippen LogP contribution is -2.28. The Morgan fingerprint density at radius 2 is 0.855 bits per heavy atom. The average Bonchev–Trinajstić information content (AvgIpc) is 3.26. The van der Waals surface area contributed by atoms with Gasteiger partial charge < -0.3 is 20.1 Å². The van der Waals surface area contributed by atoms with Crippen molar-refractivity contribution in [2.24, 2.45) is 5.73 Å². The fourth-order valence-electron chi connectivity index (χ4n) is 5.93. The van der Waals surface area contributed by atoms with Crippen LogP contribution >= 0.6 is 7.82 Å². The van der Waals surface area contributed by atoms with Gasteiger partial charge in [0.2, 0.25) is 0 Å². The summed E-state index contributed by atoms with van der Waals surface area (Å²) in [5.74, 6) is -0.357. The zero-order chi connectivity index (χ0) is 45.1. The van der Waals surface area contributed by atoms with E-state index in [0.29, 0.717) is 13.0 Å². The summed E-state index contributed by atoms with van der Waals surface area (Å²) in [4.78, 5) is 22.6. The van der Waals surface area contributed by atoms with Gasteiger partial charge in [0.25, 0.3) is 0 Å². The third-order valence-electron chi connectivity index (χ3n) is 9.37. The number of rotatable bonds is 44. The number of esters is 1. The van der Waals surface area contributed by atoms with Crippen molar-refractivity contribution in [2.45, 2.75) is 174 Å². The molecule has 0 aliphatic rings. The number of unbranched alkanes of at least 4 members (excludes halogenated alkanes) is 11. The molecule has 0 aromatic rings. The van der Waals surface area contributed by atoms with E-state index in [0.717, 1.165) is 128 Å². The summed E-state index contributed by atoms with van der Waals surface area (Å²) in [7, 11) is -4.30. The fourth-order valence-corrected chi connectivity index (χ4v) is 6.70. The van der Waals surface area contributed by atoms with Crippen LogP contribution in [-0.4, -0.2) is 49.9 Å². The van der Waals surface area contributed by atoms with E-state index in [4.69, 9.17) is 24.3 Å². The lowest BCUT2D eigenvalue weighted by atomic mass is 10.1. The van der Waals surface area contributed by atoms with Gasteiger partial charge in [-0.25, -0.2) is 4.57 Å². The molecule has 352 valence electrons. The van der Waals surface area contributed by atoms with Crippen LogP contribution in [0.15, 0.2) is 122 Å². The van der Waals surface area contributed by atoms with Gasteiger partial charge in [-0.1, -0.05) is 180 Å². The highest BCUT2D eigenvalue weighted by atomic mass is 31.2. The Hall–Kier alpha value is -3.10. The Labute approximate surface area is 379 Å². The largest absolute Gasteiger partial charge is 0.472 e. The number of allylic oxidation sites excluding steroid dienone is 20. The third kappa shape index (κ3) is 47.9. The van der Waals surface area contributed by atoms with Crippen LogP contribution in [0.5, 0.6) is 0 Å². The second-order valence-electron chi connectivity index (χ2n) is 15.2. The summed E-state index contributed by atoms with van der Waals surface area (Å²) >= 11 is 0. The first-order valence-corrected chi connectivity index (χ1v) is 25.5. The fraction of sp³-hybridized carbons (Fsp3) is 0.604. The molecule has 2 unspecified atom stereocenters. The molecule has 0 bridgehead atoms. The summed E-state index contributed by atoms with van der Waals surface area (Å²) < 4.78 is 33.5. The molecular weight excluding hydrogens is 794 g/mol. The van der Waals surface area contributed by atoms with Gasteiger partial charge in [0.1, 0.15) is 6.10 Å². The first-order valence-electron chi connectivity index (χ1n) is 24.0. The van der Waals surface area contributed by atoms with Crippen LogP contribution in [0, 0.1) is 0 Å². The van der Waals surface area contributed by atoms with Crippen LogP contribution < -0.4 is 5.73 Å². The maximum Gasteiger partial charge on any atom is 0.472 e. The number of phosphoric acid groups is 1. The second-order valence-corrected chi connectivity index (χ2v) is 16.7. The zero-order valence-electron chi connectivity index (χ0n) is 39.1. The molecule has 0 heterocycles. The van der Waals surface area contributed by atoms with E-state index in [1.54, 1.807) is 0 Å². The van der Waals surface area contributed by atoms with Gasteiger partial charge in [-0.2, -0.15) is 0 Å². The van der Waals surface area contributed by atoms with E-state index in [1.807, 2.05) is 0 Å². The highest BCUT2D eigenvalue weighted by molar-refractivity contribution is 7.47. The molecule has 62 heavy (non-hydrogen) atoms. The minimum atomic E-state index is -4.30. The number of carbonyl (C=O) groups excluding carboxylic acids is 1. The van der Waals surface area contributed by atoms with Crippen molar-refractivity contribution in [3.8, 4) is 0 Å². The summed E-state index contributed by atoms with van der Waals surface area (Å²) in [5, 5.41) is 0. The Morgan fingerprint density at radius 1 is 0.484 bits per heavy atom.